The van der Waals surface area contributed by atoms with E-state index in [-0.39, 0.29) is 35.7 Å². The Hall–Kier alpha value is -4.12. The van der Waals surface area contributed by atoms with Gasteiger partial charge in [0.15, 0.2) is 0 Å². The molecule has 38 heavy (non-hydrogen) atoms. The lowest BCUT2D eigenvalue weighted by atomic mass is 9.95. The number of para-hydroxylation sites is 1. The van der Waals surface area contributed by atoms with E-state index < -0.39 is 12.1 Å². The highest BCUT2D eigenvalue weighted by atomic mass is 19.1. The summed E-state index contributed by atoms with van der Waals surface area (Å²) in [5, 5.41) is 3.07. The zero-order chi connectivity index (χ0) is 26.8. The molecule has 1 saturated carbocycles. The molecule has 2 atom stereocenters. The van der Waals surface area contributed by atoms with Crippen LogP contribution >= 0.6 is 0 Å². The van der Waals surface area contributed by atoms with Crippen LogP contribution in [0, 0.1) is 5.82 Å². The van der Waals surface area contributed by atoms with E-state index in [9.17, 15) is 14.4 Å². The summed E-state index contributed by atoms with van der Waals surface area (Å²) < 4.78 is 15.1. The number of nitrogens with zero attached hydrogens (tertiary/aromatic N) is 1. The fraction of sp³-hybridized carbons (Fsp3) is 0.370. The number of fused-ring (bicyclic) bond motifs is 1. The Balaban J connectivity index is 1.45. The van der Waals surface area contributed by atoms with Gasteiger partial charge in [0.1, 0.15) is 11.9 Å². The molecule has 0 radical (unpaired) electrons. The number of aromatic nitrogens is 2. The summed E-state index contributed by atoms with van der Waals surface area (Å²) >= 11 is 0. The number of likely N-dealkylation sites (tertiary alicyclic amines) is 1. The number of rotatable bonds is 9. The number of nitrogens with one attached hydrogen (secondary N) is 4. The van der Waals surface area contributed by atoms with Crippen molar-refractivity contribution in [3.05, 3.63) is 81.3 Å². The Kier molecular flexibility index (Phi) is 7.19. The van der Waals surface area contributed by atoms with Crippen LogP contribution in [-0.4, -0.2) is 46.3 Å². The van der Waals surface area contributed by atoms with Crippen molar-refractivity contribution in [3.8, 4) is 0 Å². The van der Waals surface area contributed by atoms with Gasteiger partial charge in [0, 0.05) is 18.3 Å². The van der Waals surface area contributed by atoms with Gasteiger partial charge in [-0.25, -0.2) is 20.0 Å². The first-order valence-electron chi connectivity index (χ1n) is 12.9. The van der Waals surface area contributed by atoms with Crippen molar-refractivity contribution in [3.63, 3.8) is 0 Å². The van der Waals surface area contributed by atoms with Gasteiger partial charge in [-0.15, -0.1) is 0 Å². The second-order valence-corrected chi connectivity index (χ2v) is 9.89. The van der Waals surface area contributed by atoms with E-state index in [1.165, 1.54) is 12.3 Å². The molecule has 3 aromatic rings. The maximum absolute atomic E-state index is 15.1. The summed E-state index contributed by atoms with van der Waals surface area (Å²) in [4.78, 5) is 45.9. The fourth-order valence-electron chi connectivity index (χ4n) is 5.29. The highest BCUT2D eigenvalue weighted by Crippen LogP contribution is 2.42. The lowest BCUT2D eigenvalue weighted by molar-refractivity contribution is -0.678. The van der Waals surface area contributed by atoms with Gasteiger partial charge in [0.2, 0.25) is 11.8 Å². The van der Waals surface area contributed by atoms with E-state index in [0.29, 0.717) is 52.8 Å². The Morgan fingerprint density at radius 2 is 2.05 bits per heavy atom. The van der Waals surface area contributed by atoms with Crippen molar-refractivity contribution in [1.29, 1.82) is 0 Å². The highest BCUT2D eigenvalue weighted by molar-refractivity contribution is 5.90. The second kappa shape index (κ2) is 10.7. The lowest BCUT2D eigenvalue weighted by Crippen LogP contribution is -2.89. The second-order valence-electron chi connectivity index (χ2n) is 9.89. The maximum Gasteiger partial charge on any atom is 0.323 e. The number of hydrogen-bond acceptors (Lipinski definition) is 5. The van der Waals surface area contributed by atoms with Gasteiger partial charge in [-0.3, -0.25) is 9.59 Å². The van der Waals surface area contributed by atoms with Gasteiger partial charge in [0.25, 0.3) is 0 Å². The number of nitrogens with two attached hydrogens (primary N) is 2. The minimum atomic E-state index is -0.742. The minimum absolute atomic E-state index is 0.0474. The Morgan fingerprint density at radius 3 is 2.76 bits per heavy atom. The Bertz CT molecular complexity index is 1440. The average Bonchev–Trinajstić information content (AvgIpc) is 3.47. The van der Waals surface area contributed by atoms with Crippen molar-refractivity contribution >= 4 is 22.8 Å². The molecule has 1 aliphatic carbocycles. The number of halogens is 1. The number of quaternary nitrogens is 1. The quantitative estimate of drug-likeness (QED) is 0.183. The molecule has 2 fully saturated rings. The number of benzene rings is 2. The molecule has 2 aromatic carbocycles. The molecule has 8 N–H and O–H groups in total. The molecule has 5 rings (SSSR count). The van der Waals surface area contributed by atoms with Crippen LogP contribution in [0.5, 0.6) is 0 Å². The highest BCUT2D eigenvalue weighted by Gasteiger charge is 2.36. The third-order valence-corrected chi connectivity index (χ3v) is 7.30. The number of carbonyl (C=O) groups excluding carboxylic acids is 2. The molecule has 1 aromatic heterocycles. The normalized spacial score (nSPS) is 18.5. The van der Waals surface area contributed by atoms with Gasteiger partial charge in [-0.1, -0.05) is 24.3 Å². The summed E-state index contributed by atoms with van der Waals surface area (Å²) in [6.45, 7) is 0.459. The molecule has 0 spiro atoms. The third kappa shape index (κ3) is 5.14. The third-order valence-electron chi connectivity index (χ3n) is 7.30. The van der Waals surface area contributed by atoms with Crippen molar-refractivity contribution in [2.45, 2.75) is 50.1 Å². The Labute approximate surface area is 218 Å². The predicted molar refractivity (Wildman–Crippen MR) is 140 cm³/mol. The zero-order valence-electron chi connectivity index (χ0n) is 21.2. The van der Waals surface area contributed by atoms with Crippen LogP contribution in [-0.2, 0) is 9.59 Å². The van der Waals surface area contributed by atoms with E-state index in [0.717, 1.165) is 12.8 Å². The van der Waals surface area contributed by atoms with Crippen molar-refractivity contribution < 1.29 is 19.4 Å². The summed E-state index contributed by atoms with van der Waals surface area (Å²) in [7, 11) is 1.79. The van der Waals surface area contributed by atoms with E-state index in [2.05, 4.69) is 20.7 Å². The lowest BCUT2D eigenvalue weighted by Gasteiger charge is -2.28. The molecule has 1 unspecified atom stereocenters. The van der Waals surface area contributed by atoms with Gasteiger partial charge in [-0.05, 0) is 54.9 Å². The van der Waals surface area contributed by atoms with Gasteiger partial charge in [-0.2, -0.15) is 0 Å². The van der Waals surface area contributed by atoms with Crippen LogP contribution < -0.4 is 27.6 Å². The molecule has 11 heteroatoms. The molecule has 1 aliphatic heterocycles. The number of H-pyrrole nitrogens is 2. The summed E-state index contributed by atoms with van der Waals surface area (Å²) in [5.74, 6) is -0.609. The van der Waals surface area contributed by atoms with Crippen molar-refractivity contribution in [2.24, 2.45) is 5.73 Å². The summed E-state index contributed by atoms with van der Waals surface area (Å²) in [5.41, 5.74) is 13.4. The molecular formula is C27H33FN7O3+. The molecule has 1 saturated heterocycles. The number of imidazole rings is 1. The number of amides is 2. The Morgan fingerprint density at radius 1 is 1.24 bits per heavy atom. The first-order valence-corrected chi connectivity index (χ1v) is 12.9. The van der Waals surface area contributed by atoms with Crippen LogP contribution in [0.3, 0.4) is 0 Å². The van der Waals surface area contributed by atoms with Crippen molar-refractivity contribution in [1.82, 2.24) is 25.6 Å². The molecule has 0 bridgehead atoms. The summed E-state index contributed by atoms with van der Waals surface area (Å²) in [6.07, 6.45) is 4.54. The zero-order valence-corrected chi connectivity index (χ0v) is 21.2. The average molecular weight is 523 g/mol. The van der Waals surface area contributed by atoms with E-state index >= 15 is 4.39 Å². The smallest absolute Gasteiger partial charge is 0.323 e. The SMILES string of the molecule is C[NH2+]N/C(=C\N)CC(=O)N1CCC[C@H]1C(=O)NC(c1ccc(C2CC2)c(F)c1)c1cccc2[nH]c(=O)[nH]c12. The van der Waals surface area contributed by atoms with Crippen LogP contribution in [0.15, 0.2) is 53.1 Å². The van der Waals surface area contributed by atoms with Crippen LogP contribution in [0.4, 0.5) is 4.39 Å². The number of carbonyl (C=O) groups is 2. The van der Waals surface area contributed by atoms with Crippen LogP contribution in [0.2, 0.25) is 0 Å². The van der Waals surface area contributed by atoms with E-state index in [1.54, 1.807) is 41.6 Å². The molecule has 200 valence electrons. The molecule has 2 amide bonds. The van der Waals surface area contributed by atoms with Crippen LogP contribution in [0.25, 0.3) is 11.0 Å². The largest absolute Gasteiger partial charge is 0.403 e. The van der Waals surface area contributed by atoms with Crippen molar-refractivity contribution in [2.75, 3.05) is 13.6 Å². The monoisotopic (exact) mass is 522 g/mol. The maximum atomic E-state index is 15.1. The van der Waals surface area contributed by atoms with Gasteiger partial charge < -0.3 is 25.9 Å². The van der Waals surface area contributed by atoms with Gasteiger partial charge in [0.05, 0.1) is 36.2 Å². The summed E-state index contributed by atoms with van der Waals surface area (Å²) in [6, 6.07) is 8.99. The van der Waals surface area contributed by atoms with Crippen LogP contribution in [0.1, 0.15) is 60.8 Å². The first kappa shape index (κ1) is 25.5. The standard InChI is InChI=1S/C27H32FN7O3/c1-30-34-17(14-29)13-23(36)35-11-3-6-22(35)26(37)32-24(16-9-10-18(15-7-8-15)20(28)12-16)19-4-2-5-21-25(19)33-27(38)31-21/h2,4-5,9-10,12,14-15,22,24,30,34H,3,6-8,11,13,29H2,1H3,(H,32,37)(H2,31,33,38)/p+1/b17-14-/t22-,24?/m0/s1. The minimum Gasteiger partial charge on any atom is -0.403 e. The van der Waals surface area contributed by atoms with Gasteiger partial charge >= 0.3 is 5.69 Å². The topological polar surface area (TPSA) is 153 Å². The molecular weight excluding hydrogens is 489 g/mol. The molecule has 10 nitrogen and oxygen atoms in total. The first-order chi connectivity index (χ1) is 18.4. The van der Waals surface area contributed by atoms with E-state index in [1.807, 2.05) is 6.07 Å². The predicted octanol–water partition coefficient (Wildman–Crippen LogP) is 0.957. The number of hydrogen-bond donors (Lipinski definition) is 6. The molecule has 2 aliphatic rings. The number of aromatic amines is 2. The molecule has 2 heterocycles. The van der Waals surface area contributed by atoms with E-state index in [4.69, 9.17) is 5.73 Å². The fourth-order valence-corrected chi connectivity index (χ4v) is 5.29.